The minimum Gasteiger partial charge on any atom is -0.444 e. The number of piperidine rings is 1. The molecule has 5 nitrogen and oxygen atoms in total. The fourth-order valence-electron chi connectivity index (χ4n) is 2.20. The van der Waals surface area contributed by atoms with E-state index in [-0.39, 0.29) is 6.09 Å². The maximum absolute atomic E-state index is 12.0. The Hall–Kier alpha value is -0.850. The fraction of sp³-hybridized carbons (Fsp3) is 0.714. The number of nitrogens with zero attached hydrogens (tertiary/aromatic N) is 2. The van der Waals surface area contributed by atoms with Gasteiger partial charge in [0.25, 0.3) is 0 Å². The summed E-state index contributed by atoms with van der Waals surface area (Å²) in [5, 5.41) is 4.06. The van der Waals surface area contributed by atoms with Crippen LogP contribution >= 0.6 is 22.9 Å². The van der Waals surface area contributed by atoms with Crippen molar-refractivity contribution >= 4 is 29.0 Å². The molecule has 1 fully saturated rings. The van der Waals surface area contributed by atoms with E-state index in [0.29, 0.717) is 11.2 Å². The maximum atomic E-state index is 12.0. The number of hydrogen-bond donors (Lipinski definition) is 1. The molecule has 0 radical (unpaired) electrons. The highest BCUT2D eigenvalue weighted by atomic mass is 35.5. The summed E-state index contributed by atoms with van der Waals surface area (Å²) in [5.41, 5.74) is 1.32. The Kier molecular flexibility index (Phi) is 5.46. The van der Waals surface area contributed by atoms with Crippen molar-refractivity contribution in [2.45, 2.75) is 51.8 Å². The van der Waals surface area contributed by atoms with E-state index in [1.54, 1.807) is 21.7 Å². The standard InChI is InChI=1S/C14H22ClN3O2S/c1-14(2,3)20-13(19)18-6-4-10(5-7-18)16-8-11-12(15)17-9-21-11/h9-10,16H,4-8H2,1-3H3. The molecule has 1 aliphatic heterocycles. The maximum Gasteiger partial charge on any atom is 0.410 e. The van der Waals surface area contributed by atoms with Crippen LogP contribution in [0.2, 0.25) is 5.15 Å². The normalized spacial score (nSPS) is 17.0. The zero-order valence-corrected chi connectivity index (χ0v) is 14.3. The zero-order valence-electron chi connectivity index (χ0n) is 12.7. The van der Waals surface area contributed by atoms with Gasteiger partial charge in [0, 0.05) is 25.7 Å². The number of nitrogens with one attached hydrogen (secondary N) is 1. The van der Waals surface area contributed by atoms with Crippen LogP contribution in [0.1, 0.15) is 38.5 Å². The van der Waals surface area contributed by atoms with Crippen LogP contribution in [-0.2, 0) is 11.3 Å². The van der Waals surface area contributed by atoms with E-state index >= 15 is 0 Å². The Bertz CT molecular complexity index is 479. The summed E-state index contributed by atoms with van der Waals surface area (Å²) in [6.07, 6.45) is 1.64. The molecule has 0 atom stereocenters. The molecule has 2 rings (SSSR count). The first-order valence-corrected chi connectivity index (χ1v) is 8.40. The number of likely N-dealkylation sites (tertiary alicyclic amines) is 1. The molecule has 0 spiro atoms. The predicted molar refractivity (Wildman–Crippen MR) is 84.8 cm³/mol. The number of ether oxygens (including phenoxy) is 1. The van der Waals surface area contributed by atoms with Gasteiger partial charge in [-0.3, -0.25) is 0 Å². The molecule has 118 valence electrons. The third-order valence-corrected chi connectivity index (χ3v) is 4.56. The number of amides is 1. The first-order valence-electron chi connectivity index (χ1n) is 7.14. The minimum atomic E-state index is -0.435. The molecule has 1 N–H and O–H groups in total. The van der Waals surface area contributed by atoms with Crippen molar-refractivity contribution in [1.29, 1.82) is 0 Å². The van der Waals surface area contributed by atoms with Crippen LogP contribution in [0.15, 0.2) is 5.51 Å². The topological polar surface area (TPSA) is 54.5 Å². The molecule has 0 bridgehead atoms. The highest BCUT2D eigenvalue weighted by Gasteiger charge is 2.26. The quantitative estimate of drug-likeness (QED) is 0.923. The van der Waals surface area contributed by atoms with Gasteiger partial charge in [-0.1, -0.05) is 11.6 Å². The molecule has 2 heterocycles. The Morgan fingerprint density at radius 2 is 2.19 bits per heavy atom. The van der Waals surface area contributed by atoms with Crippen molar-refractivity contribution in [3.05, 3.63) is 15.5 Å². The van der Waals surface area contributed by atoms with Crippen LogP contribution in [0.3, 0.4) is 0 Å². The molecule has 1 aromatic heterocycles. The van der Waals surface area contributed by atoms with Gasteiger partial charge in [-0.05, 0) is 33.6 Å². The molecule has 7 heteroatoms. The second kappa shape index (κ2) is 6.94. The van der Waals surface area contributed by atoms with Crippen LogP contribution in [0.5, 0.6) is 0 Å². The molecular formula is C14H22ClN3O2S. The average molecular weight is 332 g/mol. The predicted octanol–water partition coefficient (Wildman–Crippen LogP) is 3.29. The van der Waals surface area contributed by atoms with Gasteiger partial charge in [0.1, 0.15) is 10.8 Å². The lowest BCUT2D eigenvalue weighted by Gasteiger charge is -2.33. The highest BCUT2D eigenvalue weighted by molar-refractivity contribution is 7.10. The Morgan fingerprint density at radius 3 is 2.71 bits per heavy atom. The summed E-state index contributed by atoms with van der Waals surface area (Å²) < 4.78 is 5.39. The van der Waals surface area contributed by atoms with Crippen molar-refractivity contribution in [1.82, 2.24) is 15.2 Å². The lowest BCUT2D eigenvalue weighted by atomic mass is 10.1. The Morgan fingerprint density at radius 1 is 1.52 bits per heavy atom. The molecule has 1 aromatic rings. The van der Waals surface area contributed by atoms with E-state index < -0.39 is 5.60 Å². The SMILES string of the molecule is CC(C)(C)OC(=O)N1CCC(NCc2scnc2Cl)CC1. The van der Waals surface area contributed by atoms with Gasteiger partial charge in [0.05, 0.1) is 10.4 Å². The summed E-state index contributed by atoms with van der Waals surface area (Å²) in [5.74, 6) is 0. The van der Waals surface area contributed by atoms with Gasteiger partial charge in [-0.15, -0.1) is 11.3 Å². The van der Waals surface area contributed by atoms with Gasteiger partial charge >= 0.3 is 6.09 Å². The van der Waals surface area contributed by atoms with Gasteiger partial charge in [-0.2, -0.15) is 0 Å². The molecular weight excluding hydrogens is 310 g/mol. The molecule has 0 aliphatic carbocycles. The van der Waals surface area contributed by atoms with Crippen molar-refractivity contribution in [2.75, 3.05) is 13.1 Å². The van der Waals surface area contributed by atoms with E-state index in [2.05, 4.69) is 10.3 Å². The minimum absolute atomic E-state index is 0.216. The number of hydrogen-bond acceptors (Lipinski definition) is 5. The third-order valence-electron chi connectivity index (χ3n) is 3.29. The average Bonchev–Trinajstić information content (AvgIpc) is 2.80. The van der Waals surface area contributed by atoms with E-state index in [1.807, 2.05) is 20.8 Å². The van der Waals surface area contributed by atoms with E-state index in [1.165, 1.54) is 0 Å². The second-order valence-electron chi connectivity index (χ2n) is 6.19. The molecule has 0 aromatic carbocycles. The van der Waals surface area contributed by atoms with E-state index in [4.69, 9.17) is 16.3 Å². The van der Waals surface area contributed by atoms with Crippen LogP contribution in [0, 0.1) is 0 Å². The van der Waals surface area contributed by atoms with E-state index in [0.717, 1.165) is 37.4 Å². The first kappa shape index (κ1) is 16.5. The lowest BCUT2D eigenvalue weighted by molar-refractivity contribution is 0.0198. The van der Waals surface area contributed by atoms with Crippen molar-refractivity contribution in [3.63, 3.8) is 0 Å². The molecule has 1 aliphatic rings. The smallest absolute Gasteiger partial charge is 0.410 e. The van der Waals surface area contributed by atoms with Crippen molar-refractivity contribution in [3.8, 4) is 0 Å². The van der Waals surface area contributed by atoms with E-state index in [9.17, 15) is 4.79 Å². The van der Waals surface area contributed by atoms with Gasteiger partial charge in [0.2, 0.25) is 0 Å². The first-order chi connectivity index (χ1) is 9.85. The van der Waals surface area contributed by atoms with Crippen molar-refractivity contribution < 1.29 is 9.53 Å². The van der Waals surface area contributed by atoms with Gasteiger partial charge in [0.15, 0.2) is 0 Å². The zero-order chi connectivity index (χ0) is 15.5. The largest absolute Gasteiger partial charge is 0.444 e. The number of thiazole rings is 1. The second-order valence-corrected chi connectivity index (χ2v) is 7.49. The number of halogens is 1. The molecule has 1 amide bonds. The molecule has 0 saturated carbocycles. The Balaban J connectivity index is 1.73. The van der Waals surface area contributed by atoms with Crippen LogP contribution in [0.25, 0.3) is 0 Å². The summed E-state index contributed by atoms with van der Waals surface area (Å²) >= 11 is 7.53. The van der Waals surface area contributed by atoms with Gasteiger partial charge < -0.3 is 15.0 Å². The summed E-state index contributed by atoms with van der Waals surface area (Å²) in [7, 11) is 0. The summed E-state index contributed by atoms with van der Waals surface area (Å²) in [6.45, 7) is 7.85. The van der Waals surface area contributed by atoms with Crippen LogP contribution < -0.4 is 5.32 Å². The Labute approximate surface area is 134 Å². The van der Waals surface area contributed by atoms with Crippen LogP contribution in [0.4, 0.5) is 4.79 Å². The van der Waals surface area contributed by atoms with Gasteiger partial charge in [-0.25, -0.2) is 9.78 Å². The van der Waals surface area contributed by atoms with Crippen molar-refractivity contribution in [2.24, 2.45) is 0 Å². The lowest BCUT2D eigenvalue weighted by Crippen LogP contribution is -2.46. The monoisotopic (exact) mass is 331 g/mol. The number of aromatic nitrogens is 1. The van der Waals surface area contributed by atoms with Crippen LogP contribution in [-0.4, -0.2) is 40.7 Å². The fourth-order valence-corrected chi connectivity index (χ4v) is 3.11. The molecule has 0 unspecified atom stereocenters. The summed E-state index contributed by atoms with van der Waals surface area (Å²) in [4.78, 5) is 18.8. The summed E-state index contributed by atoms with van der Waals surface area (Å²) in [6, 6.07) is 0.404. The molecule has 1 saturated heterocycles. The third kappa shape index (κ3) is 5.13. The molecule has 21 heavy (non-hydrogen) atoms. The number of carbonyl (C=O) groups excluding carboxylic acids is 1. The number of carbonyl (C=O) groups is 1. The number of rotatable bonds is 3. The highest BCUT2D eigenvalue weighted by Crippen LogP contribution is 2.20.